The number of nitrogens with two attached hydrogens (primary N) is 2. The molecule has 21 heavy (non-hydrogen) atoms. The zero-order valence-corrected chi connectivity index (χ0v) is 12.0. The number of hydrogen-bond acceptors (Lipinski definition) is 6. The minimum atomic E-state index is -1.37. The van der Waals surface area contributed by atoms with Crippen LogP contribution in [0.1, 0.15) is 26.7 Å². The summed E-state index contributed by atoms with van der Waals surface area (Å²) in [4.78, 5) is 45.8. The van der Waals surface area contributed by atoms with Crippen molar-refractivity contribution < 1.29 is 29.4 Å². The fourth-order valence-electron chi connectivity index (χ4n) is 1.43. The van der Waals surface area contributed by atoms with E-state index in [-0.39, 0.29) is 18.8 Å². The van der Waals surface area contributed by atoms with Crippen LogP contribution < -0.4 is 11.5 Å². The van der Waals surface area contributed by atoms with E-state index in [1.54, 1.807) is 13.8 Å². The topological polar surface area (TPSA) is 164 Å². The zero-order valence-electron chi connectivity index (χ0n) is 12.0. The van der Waals surface area contributed by atoms with Gasteiger partial charge in [-0.2, -0.15) is 0 Å². The smallest absolute Gasteiger partial charge is 0.323 e. The molecule has 0 radical (unpaired) electrons. The third-order valence-corrected chi connectivity index (χ3v) is 2.85. The van der Waals surface area contributed by atoms with E-state index < -0.39 is 42.4 Å². The third-order valence-electron chi connectivity index (χ3n) is 2.85. The van der Waals surface area contributed by atoms with Gasteiger partial charge < -0.3 is 21.7 Å². The lowest BCUT2D eigenvalue weighted by molar-refractivity contribution is -0.153. The Labute approximate surface area is 121 Å². The Balaban J connectivity index is 4.90. The van der Waals surface area contributed by atoms with Gasteiger partial charge in [0.2, 0.25) is 11.8 Å². The molecule has 0 aliphatic rings. The van der Waals surface area contributed by atoms with E-state index in [0.29, 0.717) is 4.90 Å². The van der Waals surface area contributed by atoms with Crippen molar-refractivity contribution >= 4 is 23.8 Å². The molecule has 0 heterocycles. The molecule has 0 saturated carbocycles. The molecule has 9 nitrogen and oxygen atoms in total. The molecule has 0 aromatic heterocycles. The van der Waals surface area contributed by atoms with E-state index in [4.69, 9.17) is 21.7 Å². The summed E-state index contributed by atoms with van der Waals surface area (Å²) in [6.07, 6.45) is -0.550. The standard InChI is InChI=1S/C12H21N3O6/c1-6(2)10(14)11(19)15(5-9(17)18)8(16)4-3-7(13)12(20)21/h6-7,10H,3-5,13-14H2,1-2H3,(H,17,18)(H,20,21)/t7-,10-/m0/s1. The van der Waals surface area contributed by atoms with Gasteiger partial charge in [0.25, 0.3) is 0 Å². The van der Waals surface area contributed by atoms with Crippen LogP contribution in [0, 0.1) is 5.92 Å². The minimum absolute atomic E-state index is 0.200. The summed E-state index contributed by atoms with van der Waals surface area (Å²) in [5.74, 6) is -4.53. The number of carboxylic acid groups (broad SMARTS) is 2. The number of nitrogens with zero attached hydrogens (tertiary/aromatic N) is 1. The second-order valence-corrected chi connectivity index (χ2v) is 4.97. The number of imide groups is 1. The summed E-state index contributed by atoms with van der Waals surface area (Å²) >= 11 is 0. The van der Waals surface area contributed by atoms with Crippen molar-refractivity contribution in [2.24, 2.45) is 17.4 Å². The van der Waals surface area contributed by atoms with Crippen molar-refractivity contribution in [2.75, 3.05) is 6.54 Å². The van der Waals surface area contributed by atoms with Gasteiger partial charge in [0.15, 0.2) is 0 Å². The first kappa shape index (κ1) is 19.0. The molecule has 6 N–H and O–H groups in total. The molecule has 0 spiro atoms. The molecule has 0 aliphatic carbocycles. The Morgan fingerprint density at radius 3 is 2.00 bits per heavy atom. The van der Waals surface area contributed by atoms with Gasteiger partial charge in [-0.3, -0.25) is 24.1 Å². The molecule has 0 bridgehead atoms. The van der Waals surface area contributed by atoms with Gasteiger partial charge in [0.05, 0.1) is 6.04 Å². The van der Waals surface area contributed by atoms with Crippen LogP contribution in [0.3, 0.4) is 0 Å². The monoisotopic (exact) mass is 303 g/mol. The Morgan fingerprint density at radius 2 is 1.62 bits per heavy atom. The first-order valence-electron chi connectivity index (χ1n) is 6.37. The summed E-state index contributed by atoms with van der Waals surface area (Å²) in [6.45, 7) is 2.50. The van der Waals surface area contributed by atoms with E-state index in [1.807, 2.05) is 0 Å². The predicted octanol–water partition coefficient (Wildman–Crippen LogP) is -1.40. The Bertz CT molecular complexity index is 423. The van der Waals surface area contributed by atoms with Crippen LogP contribution in [0.15, 0.2) is 0 Å². The molecule has 0 aromatic carbocycles. The number of amides is 2. The number of carbonyl (C=O) groups is 4. The van der Waals surface area contributed by atoms with Gasteiger partial charge in [-0.1, -0.05) is 13.8 Å². The number of rotatable bonds is 8. The zero-order chi connectivity index (χ0) is 16.7. The fourth-order valence-corrected chi connectivity index (χ4v) is 1.43. The summed E-state index contributed by atoms with van der Waals surface area (Å²) in [5.41, 5.74) is 10.9. The van der Waals surface area contributed by atoms with Crippen LogP contribution in [-0.2, 0) is 19.2 Å². The van der Waals surface area contributed by atoms with Crippen molar-refractivity contribution in [3.8, 4) is 0 Å². The second kappa shape index (κ2) is 8.32. The van der Waals surface area contributed by atoms with E-state index in [1.165, 1.54) is 0 Å². The molecule has 0 rings (SSSR count). The summed E-state index contributed by atoms with van der Waals surface area (Å²) < 4.78 is 0. The van der Waals surface area contributed by atoms with E-state index in [9.17, 15) is 19.2 Å². The Morgan fingerprint density at radius 1 is 1.10 bits per heavy atom. The largest absolute Gasteiger partial charge is 0.480 e. The van der Waals surface area contributed by atoms with Gasteiger partial charge >= 0.3 is 11.9 Å². The second-order valence-electron chi connectivity index (χ2n) is 4.97. The SMILES string of the molecule is CC(C)[C@H](N)C(=O)N(CC(=O)O)C(=O)CC[C@H](N)C(=O)O. The first-order valence-corrected chi connectivity index (χ1v) is 6.37. The van der Waals surface area contributed by atoms with Crippen LogP contribution in [0.5, 0.6) is 0 Å². The molecule has 0 unspecified atom stereocenters. The van der Waals surface area contributed by atoms with Crippen LogP contribution in [-0.4, -0.2) is 57.5 Å². The van der Waals surface area contributed by atoms with Crippen molar-refractivity contribution in [1.29, 1.82) is 0 Å². The van der Waals surface area contributed by atoms with Crippen LogP contribution in [0.4, 0.5) is 0 Å². The summed E-state index contributed by atoms with van der Waals surface area (Å²) in [7, 11) is 0. The minimum Gasteiger partial charge on any atom is -0.480 e. The van der Waals surface area contributed by atoms with Crippen LogP contribution in [0.2, 0.25) is 0 Å². The first-order chi connectivity index (χ1) is 9.57. The highest BCUT2D eigenvalue weighted by atomic mass is 16.4. The number of carboxylic acids is 2. The van der Waals surface area contributed by atoms with E-state index in [0.717, 1.165) is 0 Å². The van der Waals surface area contributed by atoms with Crippen LogP contribution in [0.25, 0.3) is 0 Å². The van der Waals surface area contributed by atoms with E-state index in [2.05, 4.69) is 0 Å². The van der Waals surface area contributed by atoms with Crippen molar-refractivity contribution in [3.63, 3.8) is 0 Å². The lowest BCUT2D eigenvalue weighted by Crippen LogP contribution is -2.51. The lowest BCUT2D eigenvalue weighted by atomic mass is 10.0. The maximum Gasteiger partial charge on any atom is 0.323 e. The highest BCUT2D eigenvalue weighted by Crippen LogP contribution is 2.07. The molecule has 0 saturated heterocycles. The van der Waals surface area contributed by atoms with Crippen LogP contribution >= 0.6 is 0 Å². The molecule has 0 aliphatic heterocycles. The van der Waals surface area contributed by atoms with Gasteiger partial charge in [-0.05, 0) is 12.3 Å². The molecular formula is C12H21N3O6. The molecule has 0 fully saturated rings. The lowest BCUT2D eigenvalue weighted by Gasteiger charge is -2.24. The molecular weight excluding hydrogens is 282 g/mol. The molecule has 120 valence electrons. The molecule has 0 aromatic rings. The average Bonchev–Trinajstić information content (AvgIpc) is 2.39. The van der Waals surface area contributed by atoms with Crippen molar-refractivity contribution in [1.82, 2.24) is 4.90 Å². The maximum absolute atomic E-state index is 12.0. The van der Waals surface area contributed by atoms with E-state index >= 15 is 0 Å². The third kappa shape index (κ3) is 6.32. The fraction of sp³-hybridized carbons (Fsp3) is 0.667. The molecule has 2 atom stereocenters. The summed E-state index contributed by atoms with van der Waals surface area (Å²) in [6, 6.07) is -2.27. The molecule has 2 amide bonds. The normalized spacial score (nSPS) is 13.6. The Kier molecular flexibility index (Phi) is 7.53. The summed E-state index contributed by atoms with van der Waals surface area (Å²) in [5, 5.41) is 17.4. The predicted molar refractivity (Wildman–Crippen MR) is 72.0 cm³/mol. The number of aliphatic carboxylic acids is 2. The van der Waals surface area contributed by atoms with Gasteiger partial charge in [0.1, 0.15) is 12.6 Å². The molecule has 9 heteroatoms. The Hall–Kier alpha value is -2.00. The highest BCUT2D eigenvalue weighted by Gasteiger charge is 2.30. The van der Waals surface area contributed by atoms with Crippen molar-refractivity contribution in [3.05, 3.63) is 0 Å². The number of carbonyl (C=O) groups excluding carboxylic acids is 2. The quantitative estimate of drug-likeness (QED) is 0.425. The van der Waals surface area contributed by atoms with Crippen molar-refractivity contribution in [2.45, 2.75) is 38.8 Å². The van der Waals surface area contributed by atoms with Gasteiger partial charge in [-0.15, -0.1) is 0 Å². The maximum atomic E-state index is 12.0. The highest BCUT2D eigenvalue weighted by molar-refractivity contribution is 6.00. The van der Waals surface area contributed by atoms with Gasteiger partial charge in [-0.25, -0.2) is 0 Å². The number of hydrogen-bond donors (Lipinski definition) is 4. The van der Waals surface area contributed by atoms with Gasteiger partial charge in [0, 0.05) is 6.42 Å². The average molecular weight is 303 g/mol.